The molecule has 24 heavy (non-hydrogen) atoms. The van der Waals surface area contributed by atoms with Crippen LogP contribution in [0.3, 0.4) is 0 Å². The topological polar surface area (TPSA) is 95.9 Å². The number of carboxylic acids is 1. The Balaban J connectivity index is 1.86. The molecule has 1 atom stereocenters. The smallest absolute Gasteiger partial charge is 0.325 e. The second-order valence-corrected chi connectivity index (χ2v) is 6.06. The van der Waals surface area contributed by atoms with Crippen LogP contribution in [0, 0.1) is 0 Å². The highest BCUT2D eigenvalue weighted by molar-refractivity contribution is 6.07. The Morgan fingerprint density at radius 1 is 1.42 bits per heavy atom. The predicted molar refractivity (Wildman–Crippen MR) is 84.7 cm³/mol. The largest absolute Gasteiger partial charge is 0.493 e. The normalized spacial score (nSPS) is 22.3. The molecular weight excluding hydrogens is 312 g/mol. The molecule has 1 aromatic carbocycles. The van der Waals surface area contributed by atoms with E-state index in [0.29, 0.717) is 13.0 Å². The maximum absolute atomic E-state index is 12.9. The molecular formula is C17H20N2O5. The van der Waals surface area contributed by atoms with Gasteiger partial charge in [-0.3, -0.25) is 14.5 Å². The van der Waals surface area contributed by atoms with E-state index in [-0.39, 0.29) is 25.3 Å². The van der Waals surface area contributed by atoms with Crippen LogP contribution in [0.25, 0.3) is 0 Å². The molecule has 2 heterocycles. The maximum Gasteiger partial charge on any atom is 0.325 e. The first-order chi connectivity index (χ1) is 11.5. The van der Waals surface area contributed by atoms with E-state index in [4.69, 9.17) is 9.84 Å². The van der Waals surface area contributed by atoms with Crippen LogP contribution in [0.5, 0.6) is 5.75 Å². The third-order valence-corrected chi connectivity index (χ3v) is 4.66. The molecule has 1 fully saturated rings. The standard InChI is InChI=1S/C17H20N2O5/c1-2-17(12-5-6-13-11(10-12)7-9-24-13)15(22)19(16(23)18-17)8-3-4-14(20)21/h5-6,10H,2-4,7-9H2,1H3,(H,18,23)(H,20,21). The first-order valence-corrected chi connectivity index (χ1v) is 8.10. The van der Waals surface area contributed by atoms with E-state index in [1.165, 1.54) is 0 Å². The van der Waals surface area contributed by atoms with Gasteiger partial charge in [-0.25, -0.2) is 4.79 Å². The zero-order valence-electron chi connectivity index (χ0n) is 13.5. The number of aliphatic carboxylic acids is 1. The molecule has 3 amide bonds. The minimum absolute atomic E-state index is 0.0770. The molecule has 0 aromatic heterocycles. The van der Waals surface area contributed by atoms with Gasteiger partial charge in [-0.05, 0) is 36.1 Å². The highest BCUT2D eigenvalue weighted by atomic mass is 16.5. The van der Waals surface area contributed by atoms with E-state index in [1.54, 1.807) is 0 Å². The van der Waals surface area contributed by atoms with Crippen molar-refractivity contribution in [3.05, 3.63) is 29.3 Å². The van der Waals surface area contributed by atoms with Crippen molar-refractivity contribution < 1.29 is 24.2 Å². The van der Waals surface area contributed by atoms with Crippen molar-refractivity contribution in [3.63, 3.8) is 0 Å². The van der Waals surface area contributed by atoms with E-state index < -0.39 is 17.5 Å². The molecule has 0 spiro atoms. The number of nitrogens with one attached hydrogen (secondary N) is 1. The Morgan fingerprint density at radius 2 is 2.21 bits per heavy atom. The Bertz CT molecular complexity index is 702. The van der Waals surface area contributed by atoms with Gasteiger partial charge in [0, 0.05) is 19.4 Å². The number of ether oxygens (including phenoxy) is 1. The molecule has 1 saturated heterocycles. The summed E-state index contributed by atoms with van der Waals surface area (Å²) in [6.07, 6.45) is 1.37. The highest BCUT2D eigenvalue weighted by Gasteiger charge is 2.51. The van der Waals surface area contributed by atoms with Crippen LogP contribution in [-0.2, 0) is 21.5 Å². The molecule has 7 nitrogen and oxygen atoms in total. The number of urea groups is 1. The van der Waals surface area contributed by atoms with Gasteiger partial charge in [0.15, 0.2) is 0 Å². The molecule has 2 N–H and O–H groups in total. The molecule has 1 aromatic rings. The zero-order valence-corrected chi connectivity index (χ0v) is 13.5. The number of carbonyl (C=O) groups excluding carboxylic acids is 2. The summed E-state index contributed by atoms with van der Waals surface area (Å²) < 4.78 is 5.49. The van der Waals surface area contributed by atoms with Crippen LogP contribution >= 0.6 is 0 Å². The SMILES string of the molecule is CCC1(c2ccc3c(c2)CCO3)NC(=O)N(CCCC(=O)O)C1=O. The molecule has 2 aliphatic rings. The highest BCUT2D eigenvalue weighted by Crippen LogP contribution is 2.36. The van der Waals surface area contributed by atoms with Crippen molar-refractivity contribution >= 4 is 17.9 Å². The fraction of sp³-hybridized carbons (Fsp3) is 0.471. The van der Waals surface area contributed by atoms with Crippen LogP contribution < -0.4 is 10.1 Å². The summed E-state index contributed by atoms with van der Waals surface area (Å²) in [5, 5.41) is 11.5. The number of benzene rings is 1. The average molecular weight is 332 g/mol. The van der Waals surface area contributed by atoms with Gasteiger partial charge in [-0.1, -0.05) is 13.0 Å². The lowest BCUT2D eigenvalue weighted by Crippen LogP contribution is -2.43. The van der Waals surface area contributed by atoms with Crippen LogP contribution in [0.15, 0.2) is 18.2 Å². The van der Waals surface area contributed by atoms with Gasteiger partial charge < -0.3 is 15.2 Å². The van der Waals surface area contributed by atoms with Gasteiger partial charge in [0.1, 0.15) is 11.3 Å². The monoisotopic (exact) mass is 332 g/mol. The minimum atomic E-state index is -1.09. The van der Waals surface area contributed by atoms with Gasteiger partial charge in [0.05, 0.1) is 6.61 Å². The molecule has 0 aliphatic carbocycles. The van der Waals surface area contributed by atoms with Crippen molar-refractivity contribution in [2.24, 2.45) is 0 Å². The lowest BCUT2D eigenvalue weighted by molar-refractivity contribution is -0.138. The van der Waals surface area contributed by atoms with Crippen molar-refractivity contribution in [1.82, 2.24) is 10.2 Å². The molecule has 0 radical (unpaired) electrons. The number of imide groups is 1. The van der Waals surface area contributed by atoms with E-state index >= 15 is 0 Å². The van der Waals surface area contributed by atoms with Gasteiger partial charge in [-0.15, -0.1) is 0 Å². The second kappa shape index (κ2) is 6.14. The number of nitrogens with zero attached hydrogens (tertiary/aromatic N) is 1. The lowest BCUT2D eigenvalue weighted by Gasteiger charge is -2.26. The molecule has 128 valence electrons. The maximum atomic E-state index is 12.9. The summed E-state index contributed by atoms with van der Waals surface area (Å²) in [5.41, 5.74) is 0.692. The minimum Gasteiger partial charge on any atom is -0.493 e. The number of carboxylic acid groups (broad SMARTS) is 1. The summed E-state index contributed by atoms with van der Waals surface area (Å²) in [4.78, 5) is 36.9. The fourth-order valence-corrected chi connectivity index (χ4v) is 3.31. The van der Waals surface area contributed by atoms with Crippen molar-refractivity contribution in [1.29, 1.82) is 0 Å². The lowest BCUT2D eigenvalue weighted by atomic mass is 9.86. The zero-order chi connectivity index (χ0) is 17.3. The third kappa shape index (κ3) is 2.60. The molecule has 0 saturated carbocycles. The second-order valence-electron chi connectivity index (χ2n) is 6.06. The Kier molecular flexibility index (Phi) is 4.17. The number of carbonyl (C=O) groups is 3. The van der Waals surface area contributed by atoms with Crippen molar-refractivity contribution in [3.8, 4) is 5.75 Å². The quantitative estimate of drug-likeness (QED) is 0.772. The Morgan fingerprint density at radius 3 is 2.92 bits per heavy atom. The summed E-state index contributed by atoms with van der Waals surface area (Å²) >= 11 is 0. The number of rotatable bonds is 6. The van der Waals surface area contributed by atoms with E-state index in [9.17, 15) is 14.4 Å². The van der Waals surface area contributed by atoms with E-state index in [1.807, 2.05) is 25.1 Å². The fourth-order valence-electron chi connectivity index (χ4n) is 3.31. The number of fused-ring (bicyclic) bond motifs is 1. The average Bonchev–Trinajstić information content (AvgIpc) is 3.11. The summed E-state index contributed by atoms with van der Waals surface area (Å²) in [6, 6.07) is 5.10. The molecule has 1 unspecified atom stereocenters. The van der Waals surface area contributed by atoms with E-state index in [0.717, 1.165) is 28.2 Å². The van der Waals surface area contributed by atoms with Crippen molar-refractivity contribution in [2.75, 3.05) is 13.2 Å². The third-order valence-electron chi connectivity index (χ3n) is 4.66. The molecule has 2 aliphatic heterocycles. The molecule has 3 rings (SSSR count). The number of hydrogen-bond acceptors (Lipinski definition) is 4. The van der Waals surface area contributed by atoms with E-state index in [2.05, 4.69) is 5.32 Å². The van der Waals surface area contributed by atoms with Crippen LogP contribution in [0.4, 0.5) is 4.79 Å². The van der Waals surface area contributed by atoms with Crippen LogP contribution in [0.1, 0.15) is 37.3 Å². The van der Waals surface area contributed by atoms with Crippen LogP contribution in [-0.4, -0.2) is 41.1 Å². The Labute approximate surface area is 139 Å². The first-order valence-electron chi connectivity index (χ1n) is 8.10. The van der Waals surface area contributed by atoms with Crippen LogP contribution in [0.2, 0.25) is 0 Å². The van der Waals surface area contributed by atoms with Gasteiger partial charge in [-0.2, -0.15) is 0 Å². The number of hydrogen-bond donors (Lipinski definition) is 2. The van der Waals surface area contributed by atoms with Crippen molar-refractivity contribution in [2.45, 2.75) is 38.1 Å². The summed E-state index contributed by atoms with van der Waals surface area (Å²) in [7, 11) is 0. The van der Waals surface area contributed by atoms with Gasteiger partial charge >= 0.3 is 12.0 Å². The molecule has 7 heteroatoms. The van der Waals surface area contributed by atoms with Gasteiger partial charge in [0.2, 0.25) is 0 Å². The van der Waals surface area contributed by atoms with Gasteiger partial charge in [0.25, 0.3) is 5.91 Å². The first kappa shape index (κ1) is 16.3. The Hall–Kier alpha value is -2.57. The predicted octanol–water partition coefficient (Wildman–Crippen LogP) is 1.64. The molecule has 0 bridgehead atoms. The number of amides is 3. The summed E-state index contributed by atoms with van der Waals surface area (Å²) in [6.45, 7) is 2.58. The summed E-state index contributed by atoms with van der Waals surface area (Å²) in [5.74, 6) is -0.443.